The van der Waals surface area contributed by atoms with E-state index in [0.717, 1.165) is 0 Å². The summed E-state index contributed by atoms with van der Waals surface area (Å²) in [5.41, 5.74) is 0. The molecule has 0 radical (unpaired) electrons. The molecule has 10 heavy (non-hydrogen) atoms. The van der Waals surface area contributed by atoms with E-state index in [9.17, 15) is 9.36 Å². The molecule has 0 heterocycles. The maximum absolute atomic E-state index is 9.89. The lowest BCUT2D eigenvalue weighted by molar-refractivity contribution is -0.135. The van der Waals surface area contributed by atoms with Crippen molar-refractivity contribution in [3.63, 3.8) is 0 Å². The molecule has 0 saturated carbocycles. The van der Waals surface area contributed by atoms with Crippen molar-refractivity contribution in [3.05, 3.63) is 12.3 Å². The van der Waals surface area contributed by atoms with E-state index in [4.69, 9.17) is 14.9 Å². The zero-order valence-corrected chi connectivity index (χ0v) is 5.62. The quantitative estimate of drug-likeness (QED) is 0.232. The van der Waals surface area contributed by atoms with Crippen LogP contribution in [0.2, 0.25) is 0 Å². The van der Waals surface area contributed by atoms with Crippen molar-refractivity contribution >= 4 is 13.8 Å². The molecule has 0 unspecified atom stereocenters. The first-order valence-corrected chi connectivity index (χ1v) is 3.53. The molecule has 0 aromatic rings. The molecule has 0 spiro atoms. The Balaban J connectivity index is 4.07. The molecule has 0 aliphatic heterocycles. The van der Waals surface area contributed by atoms with Crippen LogP contribution in [0, 0.1) is 0 Å². The monoisotopic (exact) mass is 169 g/mol. The minimum absolute atomic E-state index is 0.978. The summed E-state index contributed by atoms with van der Waals surface area (Å²) in [6, 6.07) is 0. The molecule has 0 rings (SSSR count). The maximum atomic E-state index is 9.89. The number of phosphoric acid groups is 1. The second kappa shape index (κ2) is 2.83. The number of hydrogen-bond acceptors (Lipinski definition) is 3. The summed E-state index contributed by atoms with van der Waals surface area (Å²) in [5.74, 6) is -2.59. The smallest absolute Gasteiger partial charge is 0.475 e. The van der Waals surface area contributed by atoms with Gasteiger partial charge in [0.2, 0.25) is 5.76 Å². The Morgan fingerprint density at radius 1 is 1.50 bits per heavy atom. The van der Waals surface area contributed by atoms with Crippen molar-refractivity contribution in [2.45, 2.75) is 0 Å². The number of phosphoric ester groups is 1. The van der Waals surface area contributed by atoms with Gasteiger partial charge in [0, 0.05) is 0 Å². The summed E-state index contributed by atoms with van der Waals surface area (Å²) in [5, 5.41) is 7.98. The molecule has 0 aromatic carbocycles. The zero-order chi connectivity index (χ0) is 8.36. The van der Waals surface area contributed by atoms with Gasteiger partial charge >= 0.3 is 13.8 Å². The highest BCUT2D eigenvalue weighted by Crippen LogP contribution is 2.38. The number of carbonyl (C=O) groups is 1. The lowest BCUT2D eigenvalue weighted by Gasteiger charge is -2.03. The molecule has 0 amide bonds. The van der Waals surface area contributed by atoms with E-state index in [1.165, 1.54) is 0 Å². The summed E-state index contributed by atoms with van der Waals surface area (Å²) in [4.78, 5) is 25.8. The largest absolute Gasteiger partial charge is 0.525 e. The third kappa shape index (κ3) is 4.08. The second-order valence-electron chi connectivity index (χ2n) is 1.31. The summed E-state index contributed by atoms with van der Waals surface area (Å²) < 4.78 is 13.5. The molecule has 0 aliphatic rings. The summed E-state index contributed by atoms with van der Waals surface area (Å²) in [7, 11) is -4.76. The van der Waals surface area contributed by atoms with Gasteiger partial charge < -0.3 is 9.63 Å². The first-order chi connectivity index (χ1) is 4.33. The van der Waals surface area contributed by atoms with Crippen LogP contribution in [0.5, 0.6) is 0 Å². The predicted octanol–water partition coefficient (Wildman–Crippen LogP) is -0.306. The van der Waals surface area contributed by atoms with Gasteiger partial charge in [-0.2, -0.15) is 0 Å². The third-order valence-electron chi connectivity index (χ3n) is 0.468. The van der Waals surface area contributed by atoms with Crippen LogP contribution >= 0.6 is 7.82 Å². The van der Waals surface area contributed by atoms with Crippen molar-refractivity contribution in [2.75, 3.05) is 0 Å². The van der Waals surface area contributed by atoms with Crippen molar-refractivity contribution in [1.29, 1.82) is 0 Å². The van der Waals surface area contributed by atoms with Gasteiger partial charge in [0.25, 0.3) is 0 Å². The van der Waals surface area contributed by atoms with E-state index in [2.05, 4.69) is 11.1 Å². The molecule has 58 valence electrons. The SMILES string of the molecule is [13CH2]=C(OP(=O)(O)O)C(=O)O. The standard InChI is InChI=1S/C3H5O6P/c1-2(3(4)5)9-10(6,7)8/h1H2,(H,4,5)(H2,6,7,8)/i1+1. The normalized spacial score (nSPS) is 10.6. The Labute approximate surface area is 56.0 Å². The molecule has 0 fully saturated rings. The van der Waals surface area contributed by atoms with Gasteiger partial charge in [-0.15, -0.1) is 0 Å². The average molecular weight is 169 g/mol. The second-order valence-corrected chi connectivity index (χ2v) is 2.47. The van der Waals surface area contributed by atoms with Crippen molar-refractivity contribution in [3.8, 4) is 0 Å². The van der Waals surface area contributed by atoms with Crippen LogP contribution in [0.3, 0.4) is 0 Å². The molecule has 0 bridgehead atoms. The summed E-state index contributed by atoms with van der Waals surface area (Å²) in [6.45, 7) is 2.73. The molecule has 0 aliphatic carbocycles. The average Bonchev–Trinajstić information content (AvgIpc) is 1.60. The van der Waals surface area contributed by atoms with Crippen LogP contribution in [-0.2, 0) is 13.9 Å². The Morgan fingerprint density at radius 3 is 2.00 bits per heavy atom. The van der Waals surface area contributed by atoms with Crippen LogP contribution < -0.4 is 0 Å². The lowest BCUT2D eigenvalue weighted by Crippen LogP contribution is -2.01. The molecule has 0 aromatic heterocycles. The van der Waals surface area contributed by atoms with E-state index >= 15 is 0 Å². The minimum atomic E-state index is -4.76. The van der Waals surface area contributed by atoms with Gasteiger partial charge in [-0.1, -0.05) is 0 Å². The van der Waals surface area contributed by atoms with Gasteiger partial charge in [0.15, 0.2) is 0 Å². The first kappa shape index (κ1) is 9.16. The molecular weight excluding hydrogens is 164 g/mol. The summed E-state index contributed by atoms with van der Waals surface area (Å²) >= 11 is 0. The van der Waals surface area contributed by atoms with Crippen LogP contribution in [-0.4, -0.2) is 20.9 Å². The van der Waals surface area contributed by atoms with E-state index in [-0.39, 0.29) is 0 Å². The molecule has 6 nitrogen and oxygen atoms in total. The van der Waals surface area contributed by atoms with Crippen molar-refractivity contribution < 1.29 is 28.8 Å². The topological polar surface area (TPSA) is 104 Å². The maximum Gasteiger partial charge on any atom is 0.525 e. The van der Waals surface area contributed by atoms with E-state index < -0.39 is 19.6 Å². The predicted molar refractivity (Wildman–Crippen MR) is 29.9 cm³/mol. The number of carboxylic acids is 1. The number of carboxylic acid groups (broad SMARTS) is 1. The molecule has 3 N–H and O–H groups in total. The van der Waals surface area contributed by atoms with Crippen molar-refractivity contribution in [1.82, 2.24) is 0 Å². The first-order valence-electron chi connectivity index (χ1n) is 2.00. The highest BCUT2D eigenvalue weighted by Gasteiger charge is 2.19. The Bertz CT molecular complexity index is 201. The zero-order valence-electron chi connectivity index (χ0n) is 4.72. The Morgan fingerprint density at radius 2 is 1.90 bits per heavy atom. The van der Waals surface area contributed by atoms with E-state index in [1.54, 1.807) is 0 Å². The minimum Gasteiger partial charge on any atom is -0.475 e. The van der Waals surface area contributed by atoms with Crippen molar-refractivity contribution in [2.24, 2.45) is 0 Å². The lowest BCUT2D eigenvalue weighted by atomic mass is 10.7. The highest BCUT2D eigenvalue weighted by atomic mass is 31.2. The van der Waals surface area contributed by atoms with Crippen LogP contribution in [0.25, 0.3) is 0 Å². The Hall–Kier alpha value is -0.840. The van der Waals surface area contributed by atoms with E-state index in [0.29, 0.717) is 0 Å². The summed E-state index contributed by atoms with van der Waals surface area (Å²) in [6.07, 6.45) is 0. The third-order valence-corrected chi connectivity index (χ3v) is 0.926. The molecule has 0 saturated heterocycles. The van der Waals surface area contributed by atoms with Gasteiger partial charge in [0.1, 0.15) is 0 Å². The van der Waals surface area contributed by atoms with Gasteiger partial charge in [-0.3, -0.25) is 9.79 Å². The fraction of sp³-hybridized carbons (Fsp3) is 0. The molecule has 0 atom stereocenters. The van der Waals surface area contributed by atoms with Gasteiger partial charge in [-0.05, 0) is 6.58 Å². The number of rotatable bonds is 3. The van der Waals surface area contributed by atoms with Crippen LogP contribution in [0.4, 0.5) is 0 Å². The highest BCUT2D eigenvalue weighted by molar-refractivity contribution is 7.46. The number of hydrogen-bond donors (Lipinski definition) is 3. The Kier molecular flexibility index (Phi) is 2.59. The van der Waals surface area contributed by atoms with E-state index in [1.807, 2.05) is 0 Å². The number of aliphatic carboxylic acids is 1. The van der Waals surface area contributed by atoms with Gasteiger partial charge in [0.05, 0.1) is 0 Å². The fourth-order valence-corrected chi connectivity index (χ4v) is 0.548. The van der Waals surface area contributed by atoms with Crippen LogP contribution in [0.1, 0.15) is 0 Å². The van der Waals surface area contributed by atoms with Gasteiger partial charge in [-0.25, -0.2) is 9.36 Å². The van der Waals surface area contributed by atoms with Crippen LogP contribution in [0.15, 0.2) is 12.3 Å². The fourth-order valence-electron chi connectivity index (χ4n) is 0.183. The molecular formula is C3H5O6P. The molecule has 7 heteroatoms.